The molecule has 0 aliphatic carbocycles. The summed E-state index contributed by atoms with van der Waals surface area (Å²) in [6.45, 7) is 2.08. The molecule has 2 aromatic rings. The maximum Gasteiger partial charge on any atom is 0.310 e. The van der Waals surface area contributed by atoms with Gasteiger partial charge in [0, 0.05) is 17.6 Å². The van der Waals surface area contributed by atoms with Crippen molar-refractivity contribution < 1.29 is 18.7 Å². The van der Waals surface area contributed by atoms with Crippen LogP contribution in [0.3, 0.4) is 0 Å². The number of amides is 1. The molecule has 0 saturated heterocycles. The lowest BCUT2D eigenvalue weighted by molar-refractivity contribution is -0.145. The van der Waals surface area contributed by atoms with Gasteiger partial charge in [0.05, 0.1) is 18.6 Å². The Balaban J connectivity index is 2.30. The number of benzene rings is 2. The van der Waals surface area contributed by atoms with Crippen molar-refractivity contribution in [3.8, 4) is 0 Å². The summed E-state index contributed by atoms with van der Waals surface area (Å²) < 4.78 is 19.5. The SMILES string of the molecule is COC(=O)C(C)CN(Cc1ccccc1)C(=O)c1cc(Br)ccc1F. The number of ether oxygens (including phenoxy) is 1. The van der Waals surface area contributed by atoms with E-state index in [-0.39, 0.29) is 18.7 Å². The van der Waals surface area contributed by atoms with Crippen molar-refractivity contribution >= 4 is 27.8 Å². The quantitative estimate of drug-likeness (QED) is 0.678. The molecule has 25 heavy (non-hydrogen) atoms. The second-order valence-corrected chi connectivity index (χ2v) is 6.64. The summed E-state index contributed by atoms with van der Waals surface area (Å²) in [6, 6.07) is 13.6. The minimum Gasteiger partial charge on any atom is -0.469 e. The Kier molecular flexibility index (Phi) is 6.70. The van der Waals surface area contributed by atoms with Crippen LogP contribution in [0.5, 0.6) is 0 Å². The van der Waals surface area contributed by atoms with Gasteiger partial charge in [-0.2, -0.15) is 0 Å². The molecule has 0 spiro atoms. The van der Waals surface area contributed by atoms with Crippen LogP contribution in [0, 0.1) is 11.7 Å². The molecule has 0 fully saturated rings. The summed E-state index contributed by atoms with van der Waals surface area (Å²) in [7, 11) is 1.30. The van der Waals surface area contributed by atoms with Crippen molar-refractivity contribution in [3.63, 3.8) is 0 Å². The molecule has 0 aliphatic rings. The highest BCUT2D eigenvalue weighted by Crippen LogP contribution is 2.19. The molecule has 0 radical (unpaired) electrons. The van der Waals surface area contributed by atoms with E-state index >= 15 is 0 Å². The first-order valence-electron chi connectivity index (χ1n) is 7.78. The summed E-state index contributed by atoms with van der Waals surface area (Å²) in [4.78, 5) is 26.1. The minimum atomic E-state index is -0.600. The fourth-order valence-electron chi connectivity index (χ4n) is 2.46. The molecule has 0 saturated carbocycles. The van der Waals surface area contributed by atoms with Crippen LogP contribution in [-0.2, 0) is 16.1 Å². The first-order valence-corrected chi connectivity index (χ1v) is 8.57. The molecule has 4 nitrogen and oxygen atoms in total. The van der Waals surface area contributed by atoms with Crippen LogP contribution in [0.1, 0.15) is 22.8 Å². The van der Waals surface area contributed by atoms with E-state index in [9.17, 15) is 14.0 Å². The fraction of sp³-hybridized carbons (Fsp3) is 0.263. The summed E-state index contributed by atoms with van der Waals surface area (Å²) in [5.74, 6) is -2.01. The van der Waals surface area contributed by atoms with E-state index in [4.69, 9.17) is 4.74 Å². The van der Waals surface area contributed by atoms with Crippen molar-refractivity contribution in [2.24, 2.45) is 5.92 Å². The lowest BCUT2D eigenvalue weighted by Crippen LogP contribution is -2.37. The standard InChI is InChI=1S/C19H19BrFNO3/c1-13(19(24)25-2)11-22(12-14-6-4-3-5-7-14)18(23)16-10-15(20)8-9-17(16)21/h3-10,13H,11-12H2,1-2H3. The predicted molar refractivity (Wildman–Crippen MR) is 96.5 cm³/mol. The van der Waals surface area contributed by atoms with Crippen LogP contribution in [-0.4, -0.2) is 30.4 Å². The van der Waals surface area contributed by atoms with Gasteiger partial charge < -0.3 is 9.64 Å². The zero-order valence-corrected chi connectivity index (χ0v) is 15.6. The van der Waals surface area contributed by atoms with Gasteiger partial charge >= 0.3 is 5.97 Å². The lowest BCUT2D eigenvalue weighted by Gasteiger charge is -2.25. The summed E-state index contributed by atoms with van der Waals surface area (Å²) >= 11 is 3.25. The fourth-order valence-corrected chi connectivity index (χ4v) is 2.82. The third-order valence-electron chi connectivity index (χ3n) is 3.76. The molecule has 0 heterocycles. The van der Waals surface area contributed by atoms with Crippen molar-refractivity contribution in [1.82, 2.24) is 4.90 Å². The molecule has 0 N–H and O–H groups in total. The molecular formula is C19H19BrFNO3. The average molecular weight is 408 g/mol. The van der Waals surface area contributed by atoms with Gasteiger partial charge in [-0.1, -0.05) is 53.2 Å². The normalized spacial score (nSPS) is 11.7. The van der Waals surface area contributed by atoms with E-state index in [1.807, 2.05) is 30.3 Å². The van der Waals surface area contributed by atoms with E-state index in [1.165, 1.54) is 30.2 Å². The Morgan fingerprint density at radius 3 is 2.52 bits per heavy atom. The van der Waals surface area contributed by atoms with Crippen molar-refractivity contribution in [2.75, 3.05) is 13.7 Å². The zero-order chi connectivity index (χ0) is 18.4. The monoisotopic (exact) mass is 407 g/mol. The number of nitrogens with zero attached hydrogens (tertiary/aromatic N) is 1. The highest BCUT2D eigenvalue weighted by atomic mass is 79.9. The lowest BCUT2D eigenvalue weighted by atomic mass is 10.1. The zero-order valence-electron chi connectivity index (χ0n) is 14.0. The van der Waals surface area contributed by atoms with Crippen LogP contribution in [0.4, 0.5) is 4.39 Å². The largest absolute Gasteiger partial charge is 0.469 e. The molecule has 2 rings (SSSR count). The van der Waals surface area contributed by atoms with Crippen LogP contribution in [0.2, 0.25) is 0 Å². The molecule has 0 aliphatic heterocycles. The summed E-state index contributed by atoms with van der Waals surface area (Å²) in [5.41, 5.74) is 0.852. The maximum absolute atomic E-state index is 14.1. The Hall–Kier alpha value is -2.21. The molecule has 2 aromatic carbocycles. The van der Waals surface area contributed by atoms with Crippen LogP contribution >= 0.6 is 15.9 Å². The predicted octanol–water partition coefficient (Wildman–Crippen LogP) is 4.04. The first kappa shape index (κ1) is 19.1. The van der Waals surface area contributed by atoms with Gasteiger partial charge in [-0.15, -0.1) is 0 Å². The molecule has 6 heteroatoms. The third-order valence-corrected chi connectivity index (χ3v) is 4.25. The van der Waals surface area contributed by atoms with Gasteiger partial charge in [-0.3, -0.25) is 9.59 Å². The van der Waals surface area contributed by atoms with Crippen molar-refractivity contribution in [3.05, 3.63) is 69.9 Å². The molecule has 1 unspecified atom stereocenters. The summed E-state index contributed by atoms with van der Waals surface area (Å²) in [6.07, 6.45) is 0. The molecule has 132 valence electrons. The van der Waals surface area contributed by atoms with Gasteiger partial charge in [0.15, 0.2) is 0 Å². The molecule has 1 amide bonds. The third kappa shape index (κ3) is 5.13. The van der Waals surface area contributed by atoms with Crippen LogP contribution in [0.15, 0.2) is 53.0 Å². The van der Waals surface area contributed by atoms with Gasteiger partial charge in [-0.05, 0) is 23.8 Å². The molecule has 0 bridgehead atoms. The van der Waals surface area contributed by atoms with Crippen LogP contribution in [0.25, 0.3) is 0 Å². The number of rotatable bonds is 6. The van der Waals surface area contributed by atoms with Gasteiger partial charge in [0.1, 0.15) is 5.82 Å². The number of carbonyl (C=O) groups is 2. The van der Waals surface area contributed by atoms with Gasteiger partial charge in [-0.25, -0.2) is 4.39 Å². The minimum absolute atomic E-state index is 0.0395. The molecule has 0 aromatic heterocycles. The number of halogens is 2. The van der Waals surface area contributed by atoms with Crippen molar-refractivity contribution in [2.45, 2.75) is 13.5 Å². The number of methoxy groups -OCH3 is 1. The van der Waals surface area contributed by atoms with E-state index in [0.29, 0.717) is 4.47 Å². The second-order valence-electron chi connectivity index (χ2n) is 5.72. The Labute approximate surface area is 154 Å². The summed E-state index contributed by atoms with van der Waals surface area (Å²) in [5, 5.41) is 0. The average Bonchev–Trinajstić information content (AvgIpc) is 2.62. The topological polar surface area (TPSA) is 46.6 Å². The first-order chi connectivity index (χ1) is 11.9. The van der Waals surface area contributed by atoms with Crippen LogP contribution < -0.4 is 0 Å². The number of carbonyl (C=O) groups excluding carboxylic acids is 2. The Morgan fingerprint density at radius 2 is 1.88 bits per heavy atom. The number of esters is 1. The van der Waals surface area contributed by atoms with E-state index in [1.54, 1.807) is 6.92 Å². The Bertz CT molecular complexity index is 752. The Morgan fingerprint density at radius 1 is 1.20 bits per heavy atom. The highest BCUT2D eigenvalue weighted by molar-refractivity contribution is 9.10. The number of hydrogen-bond donors (Lipinski definition) is 0. The van der Waals surface area contributed by atoms with E-state index in [0.717, 1.165) is 5.56 Å². The van der Waals surface area contributed by atoms with Gasteiger partial charge in [0.25, 0.3) is 5.91 Å². The highest BCUT2D eigenvalue weighted by Gasteiger charge is 2.24. The molecule has 1 atom stereocenters. The number of hydrogen-bond acceptors (Lipinski definition) is 3. The van der Waals surface area contributed by atoms with E-state index in [2.05, 4.69) is 15.9 Å². The second kappa shape index (κ2) is 8.76. The van der Waals surface area contributed by atoms with Gasteiger partial charge in [0.2, 0.25) is 0 Å². The molecular weight excluding hydrogens is 389 g/mol. The van der Waals surface area contributed by atoms with E-state index < -0.39 is 23.6 Å². The van der Waals surface area contributed by atoms with Crippen molar-refractivity contribution in [1.29, 1.82) is 0 Å². The maximum atomic E-state index is 14.1. The smallest absolute Gasteiger partial charge is 0.310 e.